The Balaban J connectivity index is 3.76. The van der Waals surface area contributed by atoms with Crippen LogP contribution in [-0.2, 0) is 15.6 Å². The molecular formula is C9H18O2S. The summed E-state index contributed by atoms with van der Waals surface area (Å²) in [6.45, 7) is 5.85. The van der Waals surface area contributed by atoms with Crippen LogP contribution in [0.5, 0.6) is 0 Å². The van der Waals surface area contributed by atoms with E-state index in [-0.39, 0.29) is 17.5 Å². The zero-order valence-corrected chi connectivity index (χ0v) is 8.95. The standard InChI is InChI=1S/C9H18O2S/c1-4-6-12(11)7-9(10)8(3)5-2/h8H,4-7H2,1-3H3. The second-order valence-corrected chi connectivity index (χ2v) is 4.64. The molecule has 0 amide bonds. The molecule has 0 aliphatic rings. The van der Waals surface area contributed by atoms with Gasteiger partial charge in [-0.3, -0.25) is 9.00 Å². The number of hydrogen-bond donors (Lipinski definition) is 0. The van der Waals surface area contributed by atoms with Crippen molar-refractivity contribution in [3.05, 3.63) is 0 Å². The average molecular weight is 190 g/mol. The Bertz CT molecular complexity index is 166. The van der Waals surface area contributed by atoms with E-state index in [1.807, 2.05) is 20.8 Å². The van der Waals surface area contributed by atoms with E-state index in [0.717, 1.165) is 12.8 Å². The molecule has 0 heterocycles. The second-order valence-electron chi connectivity index (χ2n) is 3.06. The summed E-state index contributed by atoms with van der Waals surface area (Å²) in [6, 6.07) is 0. The maximum atomic E-state index is 11.3. The van der Waals surface area contributed by atoms with Gasteiger partial charge in [0.05, 0.1) is 5.75 Å². The van der Waals surface area contributed by atoms with Crippen LogP contribution in [0.4, 0.5) is 0 Å². The maximum absolute atomic E-state index is 11.3. The Morgan fingerprint density at radius 2 is 2.00 bits per heavy atom. The quantitative estimate of drug-likeness (QED) is 0.639. The lowest BCUT2D eigenvalue weighted by Gasteiger charge is -2.05. The lowest BCUT2D eigenvalue weighted by Crippen LogP contribution is -2.19. The van der Waals surface area contributed by atoms with Gasteiger partial charge < -0.3 is 0 Å². The highest BCUT2D eigenvalue weighted by molar-refractivity contribution is 7.85. The molecule has 0 aromatic carbocycles. The third-order valence-corrected chi connectivity index (χ3v) is 3.37. The number of rotatable bonds is 6. The van der Waals surface area contributed by atoms with Gasteiger partial charge in [-0.2, -0.15) is 0 Å². The third-order valence-electron chi connectivity index (χ3n) is 1.90. The van der Waals surface area contributed by atoms with E-state index in [9.17, 15) is 9.00 Å². The SMILES string of the molecule is CCCS(=O)CC(=O)C(C)CC. The number of carbonyl (C=O) groups is 1. The molecule has 0 saturated heterocycles. The van der Waals surface area contributed by atoms with Crippen LogP contribution >= 0.6 is 0 Å². The molecule has 72 valence electrons. The summed E-state index contributed by atoms with van der Waals surface area (Å²) < 4.78 is 11.2. The Hall–Kier alpha value is -0.180. The first-order valence-corrected chi connectivity index (χ1v) is 5.98. The van der Waals surface area contributed by atoms with Gasteiger partial charge in [-0.05, 0) is 12.8 Å². The molecule has 0 N–H and O–H groups in total. The fourth-order valence-corrected chi connectivity index (χ4v) is 2.03. The van der Waals surface area contributed by atoms with Crippen molar-refractivity contribution < 1.29 is 9.00 Å². The minimum atomic E-state index is -0.922. The van der Waals surface area contributed by atoms with Crippen molar-refractivity contribution in [3.8, 4) is 0 Å². The van der Waals surface area contributed by atoms with E-state index in [4.69, 9.17) is 0 Å². The Labute approximate surface area is 77.2 Å². The fraction of sp³-hybridized carbons (Fsp3) is 0.889. The van der Waals surface area contributed by atoms with Crippen molar-refractivity contribution in [2.75, 3.05) is 11.5 Å². The van der Waals surface area contributed by atoms with Crippen molar-refractivity contribution in [2.45, 2.75) is 33.6 Å². The van der Waals surface area contributed by atoms with Crippen molar-refractivity contribution in [3.63, 3.8) is 0 Å². The molecular weight excluding hydrogens is 172 g/mol. The van der Waals surface area contributed by atoms with Crippen LogP contribution in [0, 0.1) is 5.92 Å². The Morgan fingerprint density at radius 1 is 1.42 bits per heavy atom. The summed E-state index contributed by atoms with van der Waals surface area (Å²) in [5, 5.41) is 0. The largest absolute Gasteiger partial charge is 0.298 e. The highest BCUT2D eigenvalue weighted by atomic mass is 32.2. The second kappa shape index (κ2) is 6.35. The number of carbonyl (C=O) groups excluding carboxylic acids is 1. The topological polar surface area (TPSA) is 34.1 Å². The summed E-state index contributed by atoms with van der Waals surface area (Å²) >= 11 is 0. The predicted octanol–water partition coefficient (Wildman–Crippen LogP) is 1.76. The van der Waals surface area contributed by atoms with E-state index in [0.29, 0.717) is 5.75 Å². The van der Waals surface area contributed by atoms with Gasteiger partial charge in [-0.25, -0.2) is 0 Å². The van der Waals surface area contributed by atoms with Gasteiger partial charge in [0.15, 0.2) is 0 Å². The van der Waals surface area contributed by atoms with E-state index in [1.54, 1.807) is 0 Å². The molecule has 2 nitrogen and oxygen atoms in total. The van der Waals surface area contributed by atoms with Gasteiger partial charge in [-0.15, -0.1) is 0 Å². The van der Waals surface area contributed by atoms with Gasteiger partial charge in [0, 0.05) is 22.5 Å². The summed E-state index contributed by atoms with van der Waals surface area (Å²) in [7, 11) is -0.922. The molecule has 3 heteroatoms. The average Bonchev–Trinajstić information content (AvgIpc) is 2.03. The van der Waals surface area contributed by atoms with Crippen LogP contribution < -0.4 is 0 Å². The molecule has 0 fully saturated rings. The van der Waals surface area contributed by atoms with Crippen LogP contribution in [0.25, 0.3) is 0 Å². The van der Waals surface area contributed by atoms with Crippen LogP contribution in [0.15, 0.2) is 0 Å². The lowest BCUT2D eigenvalue weighted by atomic mass is 10.1. The monoisotopic (exact) mass is 190 g/mol. The molecule has 12 heavy (non-hydrogen) atoms. The zero-order chi connectivity index (χ0) is 9.56. The number of hydrogen-bond acceptors (Lipinski definition) is 2. The molecule has 2 atom stereocenters. The van der Waals surface area contributed by atoms with Crippen molar-refractivity contribution >= 4 is 16.6 Å². The summed E-state index contributed by atoms with van der Waals surface area (Å²) in [6.07, 6.45) is 1.74. The summed E-state index contributed by atoms with van der Waals surface area (Å²) in [4.78, 5) is 11.3. The van der Waals surface area contributed by atoms with E-state index < -0.39 is 10.8 Å². The predicted molar refractivity (Wildman–Crippen MR) is 52.6 cm³/mol. The van der Waals surface area contributed by atoms with Crippen LogP contribution in [0.3, 0.4) is 0 Å². The van der Waals surface area contributed by atoms with Gasteiger partial charge in [0.2, 0.25) is 0 Å². The van der Waals surface area contributed by atoms with Gasteiger partial charge in [0.1, 0.15) is 5.78 Å². The van der Waals surface area contributed by atoms with E-state index in [2.05, 4.69) is 0 Å². The van der Waals surface area contributed by atoms with Crippen LogP contribution in [-0.4, -0.2) is 21.5 Å². The van der Waals surface area contributed by atoms with E-state index >= 15 is 0 Å². The van der Waals surface area contributed by atoms with E-state index in [1.165, 1.54) is 0 Å². The molecule has 0 aromatic heterocycles. The zero-order valence-electron chi connectivity index (χ0n) is 8.13. The molecule has 0 spiro atoms. The third kappa shape index (κ3) is 4.65. The first-order chi connectivity index (χ1) is 5.61. The van der Waals surface area contributed by atoms with Crippen LogP contribution in [0.1, 0.15) is 33.6 Å². The highest BCUT2D eigenvalue weighted by Crippen LogP contribution is 2.03. The molecule has 0 saturated carbocycles. The first-order valence-electron chi connectivity index (χ1n) is 4.49. The lowest BCUT2D eigenvalue weighted by molar-refractivity contribution is -0.119. The molecule has 0 rings (SSSR count). The minimum absolute atomic E-state index is 0.0748. The van der Waals surface area contributed by atoms with Crippen LogP contribution in [0.2, 0.25) is 0 Å². The van der Waals surface area contributed by atoms with Crippen molar-refractivity contribution in [1.82, 2.24) is 0 Å². The summed E-state index contributed by atoms with van der Waals surface area (Å²) in [5.74, 6) is 1.13. The van der Waals surface area contributed by atoms with Gasteiger partial charge in [-0.1, -0.05) is 20.8 Å². The molecule has 0 aromatic rings. The smallest absolute Gasteiger partial charge is 0.148 e. The Kier molecular flexibility index (Phi) is 6.25. The molecule has 0 aliphatic carbocycles. The van der Waals surface area contributed by atoms with Crippen molar-refractivity contribution in [2.24, 2.45) is 5.92 Å². The molecule has 0 aliphatic heterocycles. The Morgan fingerprint density at radius 3 is 2.42 bits per heavy atom. The first kappa shape index (κ1) is 11.8. The normalized spacial score (nSPS) is 15.6. The number of ketones is 1. The molecule has 0 bridgehead atoms. The van der Waals surface area contributed by atoms with Gasteiger partial charge >= 0.3 is 0 Å². The minimum Gasteiger partial charge on any atom is -0.298 e. The number of Topliss-reactive ketones (excluding diaryl/α,β-unsaturated/α-hetero) is 1. The van der Waals surface area contributed by atoms with Gasteiger partial charge in [0.25, 0.3) is 0 Å². The highest BCUT2D eigenvalue weighted by Gasteiger charge is 2.13. The maximum Gasteiger partial charge on any atom is 0.148 e. The fourth-order valence-electron chi connectivity index (χ4n) is 0.828. The summed E-state index contributed by atoms with van der Waals surface area (Å²) in [5.41, 5.74) is 0. The molecule has 0 radical (unpaired) electrons. The molecule has 2 unspecified atom stereocenters. The van der Waals surface area contributed by atoms with Crippen molar-refractivity contribution in [1.29, 1.82) is 0 Å².